The van der Waals surface area contributed by atoms with Crippen LogP contribution in [0.25, 0.3) is 0 Å². The number of anilines is 1. The minimum atomic E-state index is 0.108. The molecule has 1 aromatic rings. The summed E-state index contributed by atoms with van der Waals surface area (Å²) < 4.78 is 5.46. The summed E-state index contributed by atoms with van der Waals surface area (Å²) in [6.45, 7) is 9.36. The Hall–Kier alpha value is -0.770. The lowest BCUT2D eigenvalue weighted by atomic mass is 10.1. The van der Waals surface area contributed by atoms with Crippen molar-refractivity contribution in [3.8, 4) is 0 Å². The van der Waals surface area contributed by atoms with E-state index in [1.807, 2.05) is 6.07 Å². The molecule has 1 N–H and O–H groups in total. The van der Waals surface area contributed by atoms with Crippen LogP contribution in [-0.4, -0.2) is 31.8 Å². The summed E-state index contributed by atoms with van der Waals surface area (Å²) in [7, 11) is 1.79. The fourth-order valence-corrected chi connectivity index (χ4v) is 2.65. The summed E-state index contributed by atoms with van der Waals surface area (Å²) in [4.78, 5) is 2.37. The van der Waals surface area contributed by atoms with Gasteiger partial charge in [0.25, 0.3) is 0 Å². The molecule has 0 amide bonds. The van der Waals surface area contributed by atoms with Crippen molar-refractivity contribution in [3.05, 3.63) is 28.8 Å². The number of nitrogens with one attached hydrogen (secondary N) is 1. The summed E-state index contributed by atoms with van der Waals surface area (Å²) in [5.74, 6) is 0. The largest absolute Gasteiger partial charge is 0.380 e. The van der Waals surface area contributed by atoms with Gasteiger partial charge in [-0.3, -0.25) is 0 Å². The summed E-state index contributed by atoms with van der Waals surface area (Å²) in [5, 5.41) is 4.34. The van der Waals surface area contributed by atoms with Gasteiger partial charge in [0, 0.05) is 43.0 Å². The highest BCUT2D eigenvalue weighted by Crippen LogP contribution is 2.29. The third kappa shape index (κ3) is 4.11. The Morgan fingerprint density at radius 1 is 1.40 bits per heavy atom. The molecule has 0 saturated carbocycles. The van der Waals surface area contributed by atoms with Crippen LogP contribution in [0.4, 0.5) is 5.69 Å². The van der Waals surface area contributed by atoms with Crippen LogP contribution in [0.15, 0.2) is 18.2 Å². The quantitative estimate of drug-likeness (QED) is 0.921. The Balaban J connectivity index is 2.16. The lowest BCUT2D eigenvalue weighted by Gasteiger charge is -2.25. The molecule has 1 saturated heterocycles. The standard InChI is InChI=1S/C16H25ClN2O/c1-16(2,3)18-10-12-5-6-13(17)9-15(12)19-8-7-14(11-19)20-4/h5-6,9,14,18H,7-8,10-11H2,1-4H3. The van der Waals surface area contributed by atoms with Crippen molar-refractivity contribution in [2.45, 2.75) is 45.4 Å². The topological polar surface area (TPSA) is 24.5 Å². The molecular weight excluding hydrogens is 272 g/mol. The first-order valence-corrected chi connectivity index (χ1v) is 7.58. The van der Waals surface area contributed by atoms with E-state index in [0.717, 1.165) is 31.1 Å². The van der Waals surface area contributed by atoms with Crippen molar-refractivity contribution in [3.63, 3.8) is 0 Å². The zero-order valence-electron chi connectivity index (χ0n) is 12.9. The molecule has 1 aliphatic rings. The van der Waals surface area contributed by atoms with Gasteiger partial charge in [0.05, 0.1) is 6.10 Å². The molecule has 3 nitrogen and oxygen atoms in total. The Morgan fingerprint density at radius 2 is 2.15 bits per heavy atom. The van der Waals surface area contributed by atoms with Gasteiger partial charge >= 0.3 is 0 Å². The molecule has 1 aliphatic heterocycles. The highest BCUT2D eigenvalue weighted by molar-refractivity contribution is 6.30. The molecule has 0 radical (unpaired) electrons. The molecule has 1 heterocycles. The Morgan fingerprint density at radius 3 is 2.75 bits per heavy atom. The maximum atomic E-state index is 6.18. The van der Waals surface area contributed by atoms with E-state index in [1.165, 1.54) is 11.3 Å². The molecule has 1 aromatic carbocycles. The summed E-state index contributed by atoms with van der Waals surface area (Å²) in [6.07, 6.45) is 1.41. The molecular formula is C16H25ClN2O. The third-order valence-electron chi connectivity index (χ3n) is 3.68. The number of rotatable bonds is 4. The van der Waals surface area contributed by atoms with Crippen molar-refractivity contribution in [1.29, 1.82) is 0 Å². The Bertz CT molecular complexity index is 456. The number of methoxy groups -OCH3 is 1. The number of hydrogen-bond acceptors (Lipinski definition) is 3. The van der Waals surface area contributed by atoms with Crippen LogP contribution in [-0.2, 0) is 11.3 Å². The second kappa shape index (κ2) is 6.33. The molecule has 0 aromatic heterocycles. The monoisotopic (exact) mass is 296 g/mol. The lowest BCUT2D eigenvalue weighted by Crippen LogP contribution is -2.35. The average Bonchev–Trinajstić information content (AvgIpc) is 2.84. The maximum absolute atomic E-state index is 6.18. The van der Waals surface area contributed by atoms with E-state index in [-0.39, 0.29) is 5.54 Å². The fraction of sp³-hybridized carbons (Fsp3) is 0.625. The van der Waals surface area contributed by atoms with Crippen LogP contribution in [0.2, 0.25) is 5.02 Å². The van der Waals surface area contributed by atoms with E-state index >= 15 is 0 Å². The van der Waals surface area contributed by atoms with Crippen molar-refractivity contribution in [2.75, 3.05) is 25.1 Å². The predicted octanol–water partition coefficient (Wildman–Crippen LogP) is 3.45. The highest BCUT2D eigenvalue weighted by atomic mass is 35.5. The van der Waals surface area contributed by atoms with Gasteiger partial charge in [0.1, 0.15) is 0 Å². The van der Waals surface area contributed by atoms with E-state index in [9.17, 15) is 0 Å². The third-order valence-corrected chi connectivity index (χ3v) is 3.91. The summed E-state index contributed by atoms with van der Waals surface area (Å²) >= 11 is 6.18. The maximum Gasteiger partial charge on any atom is 0.0762 e. The van der Waals surface area contributed by atoms with Crippen molar-refractivity contribution >= 4 is 17.3 Å². The number of benzene rings is 1. The second-order valence-corrected chi connectivity index (χ2v) is 6.91. The molecule has 0 spiro atoms. The first kappa shape index (κ1) is 15.6. The van der Waals surface area contributed by atoms with Crippen molar-refractivity contribution < 1.29 is 4.74 Å². The van der Waals surface area contributed by atoms with Crippen LogP contribution in [0, 0.1) is 0 Å². The van der Waals surface area contributed by atoms with E-state index in [4.69, 9.17) is 16.3 Å². The normalized spacial score (nSPS) is 19.6. The number of halogens is 1. The van der Waals surface area contributed by atoms with E-state index < -0.39 is 0 Å². The second-order valence-electron chi connectivity index (χ2n) is 6.47. The number of nitrogens with zero attached hydrogens (tertiary/aromatic N) is 1. The van der Waals surface area contributed by atoms with Crippen LogP contribution >= 0.6 is 11.6 Å². The minimum absolute atomic E-state index is 0.108. The average molecular weight is 297 g/mol. The zero-order chi connectivity index (χ0) is 14.8. The molecule has 0 bridgehead atoms. The lowest BCUT2D eigenvalue weighted by molar-refractivity contribution is 0.121. The van der Waals surface area contributed by atoms with Crippen molar-refractivity contribution in [2.24, 2.45) is 0 Å². The molecule has 1 unspecified atom stereocenters. The molecule has 4 heteroatoms. The molecule has 0 aliphatic carbocycles. The van der Waals surface area contributed by atoms with E-state index in [1.54, 1.807) is 7.11 Å². The highest BCUT2D eigenvalue weighted by Gasteiger charge is 2.24. The van der Waals surface area contributed by atoms with Gasteiger partial charge in [-0.05, 0) is 44.9 Å². The van der Waals surface area contributed by atoms with Gasteiger partial charge in [0.2, 0.25) is 0 Å². The molecule has 20 heavy (non-hydrogen) atoms. The van der Waals surface area contributed by atoms with Crippen LogP contribution in [0.3, 0.4) is 0 Å². The summed E-state index contributed by atoms with van der Waals surface area (Å²) in [5.41, 5.74) is 2.63. The van der Waals surface area contributed by atoms with Gasteiger partial charge < -0.3 is 15.0 Å². The van der Waals surface area contributed by atoms with Crippen molar-refractivity contribution in [1.82, 2.24) is 5.32 Å². The first-order chi connectivity index (χ1) is 9.39. The van der Waals surface area contributed by atoms with E-state index in [2.05, 4.69) is 43.1 Å². The zero-order valence-corrected chi connectivity index (χ0v) is 13.6. The fourth-order valence-electron chi connectivity index (χ4n) is 2.48. The van der Waals surface area contributed by atoms with Gasteiger partial charge in [-0.2, -0.15) is 0 Å². The molecule has 2 rings (SSSR count). The SMILES string of the molecule is COC1CCN(c2cc(Cl)ccc2CNC(C)(C)C)C1. The van der Waals surface area contributed by atoms with Crippen LogP contribution in [0.5, 0.6) is 0 Å². The smallest absolute Gasteiger partial charge is 0.0762 e. The van der Waals surface area contributed by atoms with Crippen LogP contribution < -0.4 is 10.2 Å². The number of ether oxygens (including phenoxy) is 1. The van der Waals surface area contributed by atoms with E-state index in [0.29, 0.717) is 6.10 Å². The molecule has 1 fully saturated rings. The first-order valence-electron chi connectivity index (χ1n) is 7.20. The minimum Gasteiger partial charge on any atom is -0.380 e. The Labute approximate surface area is 127 Å². The van der Waals surface area contributed by atoms with Gasteiger partial charge in [-0.25, -0.2) is 0 Å². The van der Waals surface area contributed by atoms with Gasteiger partial charge in [0.15, 0.2) is 0 Å². The predicted molar refractivity (Wildman–Crippen MR) is 85.7 cm³/mol. The van der Waals surface area contributed by atoms with Gasteiger partial charge in [-0.1, -0.05) is 17.7 Å². The summed E-state index contributed by atoms with van der Waals surface area (Å²) in [6, 6.07) is 6.16. The van der Waals surface area contributed by atoms with Gasteiger partial charge in [-0.15, -0.1) is 0 Å². The van der Waals surface area contributed by atoms with Crippen LogP contribution in [0.1, 0.15) is 32.8 Å². The molecule has 112 valence electrons. The molecule has 1 atom stereocenters. The Kier molecular flexibility index (Phi) is 4.95. The number of hydrogen-bond donors (Lipinski definition) is 1.